The normalized spacial score (nSPS) is 12.1. The molecule has 0 aliphatic carbocycles. The van der Waals surface area contributed by atoms with Crippen LogP contribution in [0.1, 0.15) is 56.8 Å². The van der Waals surface area contributed by atoms with Crippen molar-refractivity contribution < 1.29 is 35.9 Å². The van der Waals surface area contributed by atoms with Crippen molar-refractivity contribution in [2.24, 2.45) is 0 Å². The van der Waals surface area contributed by atoms with Gasteiger partial charge >= 0.3 is 12.4 Å². The molecule has 4 rings (SSSR count). The summed E-state index contributed by atoms with van der Waals surface area (Å²) in [6.07, 6.45) is -11.7. The zero-order valence-electron chi connectivity index (χ0n) is 23.8. The van der Waals surface area contributed by atoms with E-state index in [1.54, 1.807) is 50.2 Å². The highest BCUT2D eigenvalue weighted by atomic mass is 79.9. The molecule has 0 spiro atoms. The Labute approximate surface area is 272 Å². The maximum atomic E-state index is 15.2. The van der Waals surface area contributed by atoms with E-state index in [9.17, 15) is 9.59 Å². The van der Waals surface area contributed by atoms with Crippen molar-refractivity contribution in [3.05, 3.63) is 127 Å². The number of alkyl halides is 6. The minimum Gasteiger partial charge on any atom is -0.321 e. The Bertz CT molecular complexity index is 1580. The van der Waals surface area contributed by atoms with Crippen molar-refractivity contribution in [1.82, 2.24) is 0 Å². The molecular weight excluding hydrogens is 730 g/mol. The molecule has 0 aromatic heterocycles. The van der Waals surface area contributed by atoms with Crippen molar-refractivity contribution in [2.45, 2.75) is 44.5 Å². The van der Waals surface area contributed by atoms with Crippen molar-refractivity contribution in [3.63, 3.8) is 0 Å². The number of benzene rings is 4. The third-order valence-electron chi connectivity index (χ3n) is 7.37. The molecule has 4 nitrogen and oxygen atoms in total. The summed E-state index contributed by atoms with van der Waals surface area (Å²) in [5.74, 6) is -1.16. The van der Waals surface area contributed by atoms with Gasteiger partial charge < -0.3 is 10.6 Å². The van der Waals surface area contributed by atoms with Gasteiger partial charge in [0.05, 0.1) is 11.4 Å². The lowest BCUT2D eigenvalue weighted by Gasteiger charge is -2.39. The van der Waals surface area contributed by atoms with E-state index in [4.69, 9.17) is 0 Å². The summed E-state index contributed by atoms with van der Waals surface area (Å²) in [5, 5.41) is 5.22. The van der Waals surface area contributed by atoms with Crippen LogP contribution in [0.4, 0.5) is 37.7 Å². The molecule has 0 unspecified atom stereocenters. The molecule has 12 heteroatoms. The Kier molecular flexibility index (Phi) is 10.2. The van der Waals surface area contributed by atoms with Gasteiger partial charge in [-0.3, -0.25) is 9.59 Å². The van der Waals surface area contributed by atoms with Crippen molar-refractivity contribution in [2.75, 3.05) is 10.6 Å². The molecule has 2 amide bonds. The smallest absolute Gasteiger partial charge is 0.321 e. The maximum Gasteiger partial charge on any atom is 0.411 e. The minimum absolute atomic E-state index is 0.0109. The fourth-order valence-corrected chi connectivity index (χ4v) is 6.33. The van der Waals surface area contributed by atoms with Gasteiger partial charge in [0, 0.05) is 20.1 Å². The van der Waals surface area contributed by atoms with E-state index >= 15 is 26.3 Å². The van der Waals surface area contributed by atoms with E-state index in [2.05, 4.69) is 42.5 Å². The highest BCUT2D eigenvalue weighted by molar-refractivity contribution is 9.11. The van der Waals surface area contributed by atoms with E-state index in [0.717, 1.165) is 24.3 Å². The average Bonchev–Trinajstić information content (AvgIpc) is 2.99. The Morgan fingerprint density at radius 1 is 0.600 bits per heavy atom. The van der Waals surface area contributed by atoms with Crippen LogP contribution in [0.25, 0.3) is 0 Å². The minimum atomic E-state index is -5.86. The lowest BCUT2D eigenvalue weighted by Crippen LogP contribution is -2.55. The number of hydrogen-bond acceptors (Lipinski definition) is 2. The molecule has 4 aromatic rings. The summed E-state index contributed by atoms with van der Waals surface area (Å²) in [6.45, 7) is 3.12. The molecule has 0 atom stereocenters. The number of carbonyl (C=O) groups excluding carboxylic acids is 2. The van der Waals surface area contributed by atoms with Gasteiger partial charge in [-0.1, -0.05) is 62.4 Å². The van der Waals surface area contributed by atoms with Crippen LogP contribution in [0.2, 0.25) is 0 Å². The lowest BCUT2D eigenvalue weighted by molar-refractivity contribution is -0.288. The highest BCUT2D eigenvalue weighted by Gasteiger charge is 2.72. The predicted molar refractivity (Wildman–Crippen MR) is 169 cm³/mol. The lowest BCUT2D eigenvalue weighted by atomic mass is 9.71. The number of nitrogens with one attached hydrogen (secondary N) is 2. The van der Waals surface area contributed by atoms with E-state index in [1.165, 1.54) is 24.3 Å². The quantitative estimate of drug-likeness (QED) is 0.176. The van der Waals surface area contributed by atoms with Crippen LogP contribution < -0.4 is 10.6 Å². The van der Waals surface area contributed by atoms with Crippen LogP contribution >= 0.6 is 31.9 Å². The van der Waals surface area contributed by atoms with Crippen molar-refractivity contribution in [1.29, 1.82) is 0 Å². The molecule has 0 saturated carbocycles. The van der Waals surface area contributed by atoms with Crippen LogP contribution in [0.15, 0.2) is 93.9 Å². The van der Waals surface area contributed by atoms with Gasteiger partial charge in [-0.2, -0.15) is 26.3 Å². The number of carbonyl (C=O) groups is 2. The van der Waals surface area contributed by atoms with E-state index in [1.807, 2.05) is 0 Å². The fraction of sp³-hybridized carbons (Fsp3) is 0.212. The third kappa shape index (κ3) is 6.67. The fourth-order valence-electron chi connectivity index (χ4n) is 5.13. The van der Waals surface area contributed by atoms with E-state index < -0.39 is 40.7 Å². The van der Waals surface area contributed by atoms with Gasteiger partial charge in [0.15, 0.2) is 0 Å². The summed E-state index contributed by atoms with van der Waals surface area (Å²) in [7, 11) is 0. The molecular formula is C33H26Br2F6N2O2. The van der Waals surface area contributed by atoms with Gasteiger partial charge in [-0.05, 0) is 103 Å². The van der Waals surface area contributed by atoms with Crippen LogP contribution in [0.3, 0.4) is 0 Å². The topological polar surface area (TPSA) is 58.2 Å². The Morgan fingerprint density at radius 2 is 0.933 bits per heavy atom. The zero-order valence-corrected chi connectivity index (χ0v) is 27.0. The van der Waals surface area contributed by atoms with Gasteiger partial charge in [-0.25, -0.2) is 0 Å². The van der Waals surface area contributed by atoms with Gasteiger partial charge in [-0.15, -0.1) is 0 Å². The third-order valence-corrected chi connectivity index (χ3v) is 8.62. The number of anilines is 2. The molecule has 0 radical (unpaired) electrons. The first-order chi connectivity index (χ1) is 21.1. The Hall–Kier alpha value is -3.64. The molecule has 0 bridgehead atoms. The van der Waals surface area contributed by atoms with Crippen molar-refractivity contribution in [3.8, 4) is 0 Å². The second kappa shape index (κ2) is 13.4. The molecule has 45 heavy (non-hydrogen) atoms. The monoisotopic (exact) mass is 754 g/mol. The second-order valence-electron chi connectivity index (χ2n) is 10.1. The standard InChI is InChI=1S/C33H26Br2F6N2O2/c1-3-19-15-23(17-25(34)27(19)42-29(44)21-11-7-5-8-12-21)31(32(36,37)38,33(39,40)41)24-16-20(4-2)28(26(35)18-24)43-30(45)22-13-9-6-10-14-22/h5-18H,3-4H2,1-2H3,(H,42,44)(H,43,45). The highest BCUT2D eigenvalue weighted by Crippen LogP contribution is 2.58. The second-order valence-corrected chi connectivity index (χ2v) is 11.8. The van der Waals surface area contributed by atoms with Gasteiger partial charge in [0.25, 0.3) is 11.8 Å². The van der Waals surface area contributed by atoms with Gasteiger partial charge in [0.2, 0.25) is 5.41 Å². The Balaban J connectivity index is 1.91. The first-order valence-electron chi connectivity index (χ1n) is 13.7. The molecule has 0 saturated heterocycles. The summed E-state index contributed by atoms with van der Waals surface area (Å²) >= 11 is 6.27. The number of rotatable bonds is 8. The van der Waals surface area contributed by atoms with Crippen LogP contribution in [-0.4, -0.2) is 24.2 Å². The zero-order chi connectivity index (χ0) is 33.2. The molecule has 236 valence electrons. The first kappa shape index (κ1) is 34.2. The molecule has 0 aliphatic rings. The summed E-state index contributed by atoms with van der Waals surface area (Å²) in [6, 6.07) is 19.1. The average molecular weight is 756 g/mol. The molecule has 0 aliphatic heterocycles. The first-order valence-corrected chi connectivity index (χ1v) is 15.3. The molecule has 4 aromatic carbocycles. The molecule has 0 heterocycles. The predicted octanol–water partition coefficient (Wildman–Crippen LogP) is 10.3. The van der Waals surface area contributed by atoms with Crippen molar-refractivity contribution >= 4 is 55.0 Å². The summed E-state index contributed by atoms with van der Waals surface area (Å²) in [4.78, 5) is 25.7. The SMILES string of the molecule is CCc1cc(C(c2cc(Br)c(NC(=O)c3ccccc3)c(CC)c2)(C(F)(F)F)C(F)(F)F)cc(Br)c1NC(=O)c1ccccc1. The number of amides is 2. The van der Waals surface area contributed by atoms with E-state index in [-0.39, 0.29) is 55.4 Å². The summed E-state index contributed by atoms with van der Waals surface area (Å²) < 4.78 is 90.6. The molecule has 0 fully saturated rings. The molecule has 2 N–H and O–H groups in total. The number of halogens is 8. The van der Waals surface area contributed by atoms with Crippen LogP contribution in [0.5, 0.6) is 0 Å². The van der Waals surface area contributed by atoms with Crippen LogP contribution in [0, 0.1) is 0 Å². The van der Waals surface area contributed by atoms with Gasteiger partial charge in [0.1, 0.15) is 0 Å². The largest absolute Gasteiger partial charge is 0.411 e. The summed E-state index contributed by atoms with van der Waals surface area (Å²) in [5.41, 5.74) is -5.89. The maximum absolute atomic E-state index is 15.2. The van der Waals surface area contributed by atoms with E-state index in [0.29, 0.717) is 0 Å². The number of aryl methyl sites for hydroxylation is 2. The Morgan fingerprint density at radius 3 is 1.22 bits per heavy atom. The number of hydrogen-bond donors (Lipinski definition) is 2. The van der Waals surface area contributed by atoms with Crippen LogP contribution in [-0.2, 0) is 18.3 Å².